The minimum atomic E-state index is -4.10. The first kappa shape index (κ1) is 14.6. The number of anilines is 1. The number of thiazole rings is 1. The van der Waals surface area contributed by atoms with E-state index >= 15 is 0 Å². The molecule has 1 rings (SSSR count). The zero-order valence-corrected chi connectivity index (χ0v) is 11.3. The molecule has 1 heterocycles. The SMILES string of the molecule is CC(C)(C(=O)O)S(=O)(=O)CC(=O)Nc1nccs1. The number of carboxylic acids is 1. The summed E-state index contributed by atoms with van der Waals surface area (Å²) in [6, 6.07) is 0. The molecule has 0 aromatic carbocycles. The highest BCUT2D eigenvalue weighted by molar-refractivity contribution is 7.94. The summed E-state index contributed by atoms with van der Waals surface area (Å²) in [5.41, 5.74) is 0. The lowest BCUT2D eigenvalue weighted by Gasteiger charge is -2.18. The van der Waals surface area contributed by atoms with Gasteiger partial charge in [-0.15, -0.1) is 11.3 Å². The van der Waals surface area contributed by atoms with E-state index in [9.17, 15) is 18.0 Å². The number of rotatable bonds is 5. The van der Waals surface area contributed by atoms with Crippen molar-refractivity contribution in [3.05, 3.63) is 11.6 Å². The molecule has 1 aromatic heterocycles. The molecule has 100 valence electrons. The van der Waals surface area contributed by atoms with E-state index in [-0.39, 0.29) is 5.13 Å². The highest BCUT2D eigenvalue weighted by atomic mass is 32.2. The maximum atomic E-state index is 11.8. The van der Waals surface area contributed by atoms with Crippen LogP contribution < -0.4 is 5.32 Å². The summed E-state index contributed by atoms with van der Waals surface area (Å²) >= 11 is 1.14. The van der Waals surface area contributed by atoms with Crippen LogP contribution in [0.4, 0.5) is 5.13 Å². The van der Waals surface area contributed by atoms with E-state index in [0.717, 1.165) is 25.2 Å². The minimum Gasteiger partial charge on any atom is -0.480 e. The number of carboxylic acid groups (broad SMARTS) is 1. The lowest BCUT2D eigenvalue weighted by molar-refractivity contribution is -0.139. The standard InChI is InChI=1S/C9H12N2O5S2/c1-9(2,7(13)14)18(15,16)5-6(12)11-8-10-3-4-17-8/h3-4H,5H2,1-2H3,(H,13,14)(H,10,11,12). The Labute approximate surface area is 108 Å². The summed E-state index contributed by atoms with van der Waals surface area (Å²) in [5, 5.41) is 13.0. The Bertz CT molecular complexity index is 548. The number of aliphatic carboxylic acids is 1. The zero-order chi connectivity index (χ0) is 14.0. The predicted molar refractivity (Wildman–Crippen MR) is 66.2 cm³/mol. The Morgan fingerprint density at radius 3 is 2.56 bits per heavy atom. The molecule has 0 radical (unpaired) electrons. The number of aromatic nitrogens is 1. The summed E-state index contributed by atoms with van der Waals surface area (Å²) in [6.07, 6.45) is 1.45. The van der Waals surface area contributed by atoms with Gasteiger partial charge >= 0.3 is 5.97 Å². The van der Waals surface area contributed by atoms with Gasteiger partial charge in [0, 0.05) is 11.6 Å². The molecule has 2 N–H and O–H groups in total. The van der Waals surface area contributed by atoms with Crippen LogP contribution in [0.3, 0.4) is 0 Å². The largest absolute Gasteiger partial charge is 0.480 e. The van der Waals surface area contributed by atoms with E-state index in [1.54, 1.807) is 5.38 Å². The third kappa shape index (κ3) is 3.05. The van der Waals surface area contributed by atoms with Gasteiger partial charge in [0.1, 0.15) is 5.75 Å². The third-order valence-electron chi connectivity index (χ3n) is 2.29. The van der Waals surface area contributed by atoms with Crippen LogP contribution in [-0.4, -0.2) is 40.9 Å². The van der Waals surface area contributed by atoms with Crippen LogP contribution in [0.25, 0.3) is 0 Å². The molecule has 9 heteroatoms. The molecule has 0 spiro atoms. The molecule has 0 saturated carbocycles. The highest BCUT2D eigenvalue weighted by Crippen LogP contribution is 2.18. The summed E-state index contributed by atoms with van der Waals surface area (Å²) in [4.78, 5) is 26.1. The van der Waals surface area contributed by atoms with E-state index in [1.165, 1.54) is 6.20 Å². The quantitative estimate of drug-likeness (QED) is 0.810. The van der Waals surface area contributed by atoms with Gasteiger partial charge in [-0.1, -0.05) is 0 Å². The predicted octanol–water partition coefficient (Wildman–Crippen LogP) is 0.360. The second-order valence-electron chi connectivity index (χ2n) is 3.96. The first-order valence-corrected chi connectivity index (χ1v) is 7.35. The van der Waals surface area contributed by atoms with Crippen LogP contribution in [0.5, 0.6) is 0 Å². The number of nitrogens with zero attached hydrogens (tertiary/aromatic N) is 1. The van der Waals surface area contributed by atoms with Gasteiger partial charge in [0.2, 0.25) is 5.91 Å². The van der Waals surface area contributed by atoms with Crippen LogP contribution in [0, 0.1) is 0 Å². The van der Waals surface area contributed by atoms with E-state index in [4.69, 9.17) is 5.11 Å². The van der Waals surface area contributed by atoms with Gasteiger partial charge in [-0.05, 0) is 13.8 Å². The van der Waals surface area contributed by atoms with Crippen LogP contribution >= 0.6 is 11.3 Å². The van der Waals surface area contributed by atoms with Crippen molar-refractivity contribution in [3.63, 3.8) is 0 Å². The van der Waals surface area contributed by atoms with Gasteiger partial charge in [-0.3, -0.25) is 9.59 Å². The molecule has 1 aromatic rings. The van der Waals surface area contributed by atoms with E-state index < -0.39 is 32.2 Å². The normalized spacial score (nSPS) is 12.1. The lowest BCUT2D eigenvalue weighted by Crippen LogP contribution is -2.44. The number of amides is 1. The summed E-state index contributed by atoms with van der Waals surface area (Å²) in [7, 11) is -4.10. The van der Waals surface area contributed by atoms with Crippen molar-refractivity contribution in [2.75, 3.05) is 11.1 Å². The average molecular weight is 292 g/mol. The second-order valence-corrected chi connectivity index (χ2v) is 7.39. The molecule has 0 bridgehead atoms. The zero-order valence-electron chi connectivity index (χ0n) is 9.71. The van der Waals surface area contributed by atoms with Crippen LogP contribution in [0.1, 0.15) is 13.8 Å². The molecule has 0 aliphatic carbocycles. The molecule has 0 atom stereocenters. The van der Waals surface area contributed by atoms with Gasteiger partial charge in [-0.2, -0.15) is 0 Å². The number of hydrogen-bond donors (Lipinski definition) is 2. The van der Waals surface area contributed by atoms with Crippen molar-refractivity contribution in [2.45, 2.75) is 18.6 Å². The summed E-state index contributed by atoms with van der Waals surface area (Å²) < 4.78 is 21.5. The van der Waals surface area contributed by atoms with Crippen LogP contribution in [-0.2, 0) is 19.4 Å². The molecule has 18 heavy (non-hydrogen) atoms. The van der Waals surface area contributed by atoms with Crippen LogP contribution in [0.15, 0.2) is 11.6 Å². The molecule has 0 unspecified atom stereocenters. The van der Waals surface area contributed by atoms with Crippen molar-refractivity contribution in [1.82, 2.24) is 4.98 Å². The number of sulfone groups is 1. The van der Waals surface area contributed by atoms with E-state index in [0.29, 0.717) is 0 Å². The second kappa shape index (κ2) is 5.02. The topological polar surface area (TPSA) is 113 Å². The maximum Gasteiger partial charge on any atom is 0.324 e. The van der Waals surface area contributed by atoms with Crippen molar-refractivity contribution >= 4 is 38.2 Å². The Morgan fingerprint density at radius 1 is 1.50 bits per heavy atom. The average Bonchev–Trinajstić information content (AvgIpc) is 2.68. The summed E-state index contributed by atoms with van der Waals surface area (Å²) in [5.74, 6) is -3.20. The highest BCUT2D eigenvalue weighted by Gasteiger charge is 2.42. The number of carbonyl (C=O) groups is 2. The lowest BCUT2D eigenvalue weighted by atomic mass is 10.2. The van der Waals surface area contributed by atoms with Crippen LogP contribution in [0.2, 0.25) is 0 Å². The Morgan fingerprint density at radius 2 is 2.11 bits per heavy atom. The fourth-order valence-corrected chi connectivity index (χ4v) is 2.52. The minimum absolute atomic E-state index is 0.267. The maximum absolute atomic E-state index is 11.8. The number of hydrogen-bond acceptors (Lipinski definition) is 6. The van der Waals surface area contributed by atoms with Gasteiger partial charge < -0.3 is 10.4 Å². The Balaban J connectivity index is 2.78. The van der Waals surface area contributed by atoms with Crippen molar-refractivity contribution < 1.29 is 23.1 Å². The molecule has 0 fully saturated rings. The first-order valence-electron chi connectivity index (χ1n) is 4.82. The van der Waals surface area contributed by atoms with Crippen molar-refractivity contribution in [1.29, 1.82) is 0 Å². The molecular formula is C9H12N2O5S2. The molecule has 0 saturated heterocycles. The van der Waals surface area contributed by atoms with E-state index in [2.05, 4.69) is 10.3 Å². The molecule has 0 aliphatic heterocycles. The number of carbonyl (C=O) groups excluding carboxylic acids is 1. The van der Waals surface area contributed by atoms with Crippen molar-refractivity contribution in [2.24, 2.45) is 0 Å². The molecular weight excluding hydrogens is 280 g/mol. The van der Waals surface area contributed by atoms with Gasteiger partial charge in [0.25, 0.3) is 0 Å². The first-order chi connectivity index (χ1) is 8.17. The van der Waals surface area contributed by atoms with E-state index in [1.807, 2.05) is 0 Å². The van der Waals surface area contributed by atoms with Gasteiger partial charge in [0.15, 0.2) is 19.7 Å². The smallest absolute Gasteiger partial charge is 0.324 e. The Kier molecular flexibility index (Phi) is 4.07. The molecule has 0 aliphatic rings. The fourth-order valence-electron chi connectivity index (χ4n) is 0.927. The fraction of sp³-hybridized carbons (Fsp3) is 0.444. The monoisotopic (exact) mass is 292 g/mol. The number of nitrogens with one attached hydrogen (secondary N) is 1. The van der Waals surface area contributed by atoms with Gasteiger partial charge in [-0.25, -0.2) is 13.4 Å². The third-order valence-corrected chi connectivity index (χ3v) is 5.35. The van der Waals surface area contributed by atoms with Gasteiger partial charge in [0.05, 0.1) is 0 Å². The summed E-state index contributed by atoms with van der Waals surface area (Å²) in [6.45, 7) is 2.09. The molecule has 7 nitrogen and oxygen atoms in total. The Hall–Kier alpha value is -1.48. The molecule has 1 amide bonds. The van der Waals surface area contributed by atoms with Crippen molar-refractivity contribution in [3.8, 4) is 0 Å².